The van der Waals surface area contributed by atoms with E-state index in [4.69, 9.17) is 4.74 Å². The largest absolute Gasteiger partial charge is 0.391 e. The summed E-state index contributed by atoms with van der Waals surface area (Å²) in [6.45, 7) is 3.54. The highest BCUT2D eigenvalue weighted by Crippen LogP contribution is 2.21. The van der Waals surface area contributed by atoms with Gasteiger partial charge >= 0.3 is 0 Å². The molecule has 0 bridgehead atoms. The Bertz CT molecular complexity index is 593. The van der Waals surface area contributed by atoms with Crippen LogP contribution in [0.5, 0.6) is 0 Å². The molecular weight excluding hydrogens is 318 g/mol. The number of carbonyl (C=O) groups excluding carboxylic acids is 1. The molecular formula is C17H22F2N2O3. The van der Waals surface area contributed by atoms with Crippen LogP contribution < -0.4 is 0 Å². The normalized spacial score (nSPS) is 26.2. The lowest BCUT2D eigenvalue weighted by Gasteiger charge is -2.36. The molecule has 0 unspecified atom stereocenters. The summed E-state index contributed by atoms with van der Waals surface area (Å²) in [5.74, 6) is -1.89. The average Bonchev–Trinajstić information content (AvgIpc) is 2.79. The van der Waals surface area contributed by atoms with Gasteiger partial charge in [0.25, 0.3) is 5.91 Å². The minimum atomic E-state index is -0.726. The molecule has 5 nitrogen and oxygen atoms in total. The number of benzene rings is 1. The first-order valence-electron chi connectivity index (χ1n) is 8.30. The van der Waals surface area contributed by atoms with Gasteiger partial charge in [0.2, 0.25) is 0 Å². The first-order chi connectivity index (χ1) is 11.6. The minimum Gasteiger partial charge on any atom is -0.391 e. The summed E-state index contributed by atoms with van der Waals surface area (Å²) in [6.07, 6.45) is 0.479. The molecule has 0 radical (unpaired) electrons. The van der Waals surface area contributed by atoms with Crippen LogP contribution in [0.4, 0.5) is 8.78 Å². The van der Waals surface area contributed by atoms with E-state index in [-0.39, 0.29) is 11.6 Å². The number of likely N-dealkylation sites (tertiary alicyclic amines) is 1. The fourth-order valence-electron chi connectivity index (χ4n) is 3.44. The predicted molar refractivity (Wildman–Crippen MR) is 83.7 cm³/mol. The van der Waals surface area contributed by atoms with Crippen LogP contribution in [0.15, 0.2) is 18.2 Å². The summed E-state index contributed by atoms with van der Waals surface area (Å²) in [7, 11) is 0. The molecule has 0 spiro atoms. The maximum absolute atomic E-state index is 13.8. The van der Waals surface area contributed by atoms with Crippen molar-refractivity contribution in [2.45, 2.75) is 25.0 Å². The van der Waals surface area contributed by atoms with E-state index in [9.17, 15) is 18.7 Å². The van der Waals surface area contributed by atoms with Gasteiger partial charge in [0.1, 0.15) is 11.6 Å². The second-order valence-electron chi connectivity index (χ2n) is 6.28. The molecule has 7 heteroatoms. The van der Waals surface area contributed by atoms with Crippen LogP contribution in [0.1, 0.15) is 23.2 Å². The maximum Gasteiger partial charge on any atom is 0.256 e. The lowest BCUT2D eigenvalue weighted by atomic mass is 10.0. The summed E-state index contributed by atoms with van der Waals surface area (Å²) in [4.78, 5) is 16.2. The molecule has 2 aliphatic heterocycles. The molecule has 1 aromatic rings. The number of rotatable bonds is 2. The third-order valence-electron chi connectivity index (χ3n) is 4.79. The minimum absolute atomic E-state index is 0.0379. The van der Waals surface area contributed by atoms with Gasteiger partial charge < -0.3 is 14.7 Å². The average molecular weight is 340 g/mol. The van der Waals surface area contributed by atoms with Crippen LogP contribution in [-0.4, -0.2) is 72.4 Å². The van der Waals surface area contributed by atoms with Crippen molar-refractivity contribution in [3.05, 3.63) is 35.4 Å². The zero-order chi connectivity index (χ0) is 17.1. The predicted octanol–water partition coefficient (Wildman–Crippen LogP) is 1.26. The number of halogens is 2. The van der Waals surface area contributed by atoms with Crippen molar-refractivity contribution >= 4 is 5.91 Å². The molecule has 1 aromatic carbocycles. The van der Waals surface area contributed by atoms with E-state index in [0.717, 1.165) is 31.3 Å². The lowest BCUT2D eigenvalue weighted by Crippen LogP contribution is -2.49. The van der Waals surface area contributed by atoms with Crippen molar-refractivity contribution in [2.75, 3.05) is 39.4 Å². The van der Waals surface area contributed by atoms with Crippen molar-refractivity contribution in [1.29, 1.82) is 0 Å². The molecule has 2 atom stereocenters. The van der Waals surface area contributed by atoms with E-state index in [0.29, 0.717) is 39.1 Å². The highest BCUT2D eigenvalue weighted by Gasteiger charge is 2.32. The first-order valence-corrected chi connectivity index (χ1v) is 8.30. The van der Waals surface area contributed by atoms with E-state index in [1.54, 1.807) is 0 Å². The standard InChI is InChI=1S/C17H22F2N2O3/c18-12-1-2-14(19)13(11-12)17(23)21-5-3-15(16(22)4-6-21)20-7-9-24-10-8-20/h1-2,11,15-16,22H,3-10H2/t15-,16-/m0/s1. The fraction of sp³-hybridized carbons (Fsp3) is 0.588. The number of morpholine rings is 1. The summed E-state index contributed by atoms with van der Waals surface area (Å²) in [6, 6.07) is 2.85. The molecule has 0 saturated carbocycles. The van der Waals surface area contributed by atoms with Crippen molar-refractivity contribution in [3.8, 4) is 0 Å². The van der Waals surface area contributed by atoms with Crippen LogP contribution >= 0.6 is 0 Å². The van der Waals surface area contributed by atoms with E-state index in [2.05, 4.69) is 4.90 Å². The van der Waals surface area contributed by atoms with Gasteiger partial charge in [-0.05, 0) is 31.0 Å². The van der Waals surface area contributed by atoms with Gasteiger partial charge in [-0.1, -0.05) is 0 Å². The molecule has 0 aliphatic carbocycles. The van der Waals surface area contributed by atoms with Gasteiger partial charge in [-0.15, -0.1) is 0 Å². The molecule has 2 fully saturated rings. The lowest BCUT2D eigenvalue weighted by molar-refractivity contribution is -0.0222. The highest BCUT2D eigenvalue weighted by atomic mass is 19.1. The maximum atomic E-state index is 13.8. The molecule has 0 aromatic heterocycles. The Morgan fingerprint density at radius 1 is 1.12 bits per heavy atom. The molecule has 24 heavy (non-hydrogen) atoms. The summed E-state index contributed by atoms with van der Waals surface area (Å²) in [5, 5.41) is 10.4. The molecule has 132 valence electrons. The Balaban J connectivity index is 1.70. The van der Waals surface area contributed by atoms with Crippen LogP contribution in [0.2, 0.25) is 0 Å². The van der Waals surface area contributed by atoms with Crippen LogP contribution in [0.3, 0.4) is 0 Å². The van der Waals surface area contributed by atoms with E-state index >= 15 is 0 Å². The molecule has 2 heterocycles. The number of ether oxygens (including phenoxy) is 1. The molecule has 3 rings (SSSR count). The Labute approximate surface area is 139 Å². The second-order valence-corrected chi connectivity index (χ2v) is 6.28. The number of hydrogen-bond donors (Lipinski definition) is 1. The number of nitrogens with zero attached hydrogens (tertiary/aromatic N) is 2. The van der Waals surface area contributed by atoms with E-state index in [1.165, 1.54) is 4.90 Å². The smallest absolute Gasteiger partial charge is 0.256 e. The zero-order valence-electron chi connectivity index (χ0n) is 13.5. The number of aliphatic hydroxyl groups is 1. The molecule has 2 aliphatic rings. The van der Waals surface area contributed by atoms with Gasteiger partial charge in [-0.25, -0.2) is 8.78 Å². The first kappa shape index (κ1) is 17.3. The fourth-order valence-corrected chi connectivity index (χ4v) is 3.44. The number of aliphatic hydroxyl groups excluding tert-OH is 1. The Morgan fingerprint density at radius 3 is 2.58 bits per heavy atom. The molecule has 1 N–H and O–H groups in total. The topological polar surface area (TPSA) is 53.0 Å². The van der Waals surface area contributed by atoms with Crippen molar-refractivity contribution in [1.82, 2.24) is 9.80 Å². The highest BCUT2D eigenvalue weighted by molar-refractivity contribution is 5.94. The quantitative estimate of drug-likeness (QED) is 0.881. The Kier molecular flexibility index (Phi) is 5.43. The monoisotopic (exact) mass is 340 g/mol. The van der Waals surface area contributed by atoms with Gasteiger partial charge in [0.15, 0.2) is 0 Å². The summed E-state index contributed by atoms with van der Waals surface area (Å²) in [5.41, 5.74) is -0.255. The van der Waals surface area contributed by atoms with Gasteiger partial charge in [0, 0.05) is 32.2 Å². The Hall–Kier alpha value is -1.57. The number of carbonyl (C=O) groups is 1. The second kappa shape index (κ2) is 7.55. The van der Waals surface area contributed by atoms with Gasteiger partial charge in [-0.2, -0.15) is 0 Å². The van der Waals surface area contributed by atoms with Gasteiger partial charge in [-0.3, -0.25) is 9.69 Å². The van der Waals surface area contributed by atoms with Crippen LogP contribution in [-0.2, 0) is 4.74 Å². The van der Waals surface area contributed by atoms with E-state index < -0.39 is 23.6 Å². The Morgan fingerprint density at radius 2 is 1.83 bits per heavy atom. The molecule has 2 saturated heterocycles. The third-order valence-corrected chi connectivity index (χ3v) is 4.79. The van der Waals surface area contributed by atoms with Crippen LogP contribution in [0.25, 0.3) is 0 Å². The SMILES string of the molecule is O=C(c1cc(F)ccc1F)N1CC[C@H](O)[C@@H](N2CCOCC2)CC1. The number of hydrogen-bond acceptors (Lipinski definition) is 4. The van der Waals surface area contributed by atoms with Crippen LogP contribution in [0, 0.1) is 11.6 Å². The summed E-state index contributed by atoms with van der Waals surface area (Å²) < 4.78 is 32.5. The zero-order valence-corrected chi connectivity index (χ0v) is 13.5. The van der Waals surface area contributed by atoms with Gasteiger partial charge in [0.05, 0.1) is 24.9 Å². The van der Waals surface area contributed by atoms with E-state index in [1.807, 2.05) is 0 Å². The number of amides is 1. The molecule has 1 amide bonds. The summed E-state index contributed by atoms with van der Waals surface area (Å²) >= 11 is 0. The van der Waals surface area contributed by atoms with Crippen molar-refractivity contribution in [2.24, 2.45) is 0 Å². The van der Waals surface area contributed by atoms with Crippen molar-refractivity contribution in [3.63, 3.8) is 0 Å². The third kappa shape index (κ3) is 3.74. The van der Waals surface area contributed by atoms with Crippen molar-refractivity contribution < 1.29 is 23.4 Å².